The summed E-state index contributed by atoms with van der Waals surface area (Å²) in [6.07, 6.45) is 1.11. The van der Waals surface area contributed by atoms with Crippen LogP contribution in [0.2, 0.25) is 5.02 Å². The topological polar surface area (TPSA) is 34.9 Å². The normalized spacial score (nSPS) is 11.2. The summed E-state index contributed by atoms with van der Waals surface area (Å²) in [5.74, 6) is -2.50. The number of halogens is 4. The van der Waals surface area contributed by atoms with Crippen LogP contribution in [0.25, 0.3) is 16.6 Å². The second kappa shape index (κ2) is 6.28. The summed E-state index contributed by atoms with van der Waals surface area (Å²) in [5, 5.41) is -0.439. The van der Waals surface area contributed by atoms with Crippen molar-refractivity contribution < 1.29 is 13.2 Å². The number of hydrogen-bond donors (Lipinski definition) is 0. The van der Waals surface area contributed by atoms with Crippen LogP contribution < -0.4 is 5.56 Å². The Hall–Kier alpha value is -2.34. The maximum Gasteiger partial charge on any atom is 0.267 e. The molecule has 7 heteroatoms. The highest BCUT2D eigenvalue weighted by Crippen LogP contribution is 2.24. The summed E-state index contributed by atoms with van der Waals surface area (Å²) >= 11 is 5.91. The van der Waals surface area contributed by atoms with Crippen molar-refractivity contribution in [3.63, 3.8) is 0 Å². The summed E-state index contributed by atoms with van der Waals surface area (Å²) in [7, 11) is 0. The minimum absolute atomic E-state index is 0.0961. The molecule has 0 saturated heterocycles. The van der Waals surface area contributed by atoms with Crippen LogP contribution in [0.4, 0.5) is 13.2 Å². The van der Waals surface area contributed by atoms with E-state index in [-0.39, 0.29) is 21.6 Å². The van der Waals surface area contributed by atoms with Crippen molar-refractivity contribution in [2.24, 2.45) is 0 Å². The molecule has 3 aromatic rings. The molecular formula is C17H12ClF3N2O. The fraction of sp³-hybridized carbons (Fsp3) is 0.176. The van der Waals surface area contributed by atoms with Crippen LogP contribution in [0, 0.1) is 17.5 Å². The lowest BCUT2D eigenvalue weighted by Gasteiger charge is -2.14. The van der Waals surface area contributed by atoms with Crippen molar-refractivity contribution in [2.75, 3.05) is 0 Å². The highest BCUT2D eigenvalue weighted by atomic mass is 35.5. The summed E-state index contributed by atoms with van der Waals surface area (Å²) in [6, 6.07) is 5.59. The lowest BCUT2D eigenvalue weighted by molar-refractivity contribution is 0.507. The van der Waals surface area contributed by atoms with Crippen LogP contribution in [-0.4, -0.2) is 9.55 Å². The van der Waals surface area contributed by atoms with Gasteiger partial charge < -0.3 is 0 Å². The summed E-state index contributed by atoms with van der Waals surface area (Å²) in [5.41, 5.74) is -0.260. The molecule has 0 saturated carbocycles. The van der Waals surface area contributed by atoms with Crippen LogP contribution in [0.3, 0.4) is 0 Å². The molecular weight excluding hydrogens is 341 g/mol. The average molecular weight is 353 g/mol. The maximum absolute atomic E-state index is 13.7. The monoisotopic (exact) mass is 352 g/mol. The Morgan fingerprint density at radius 1 is 1.08 bits per heavy atom. The first-order chi connectivity index (χ1) is 11.4. The lowest BCUT2D eigenvalue weighted by atomic mass is 10.2. The zero-order chi connectivity index (χ0) is 17.4. The molecule has 124 valence electrons. The highest BCUT2D eigenvalue weighted by Gasteiger charge is 2.17. The minimum atomic E-state index is -1.09. The SMILES string of the molecule is CCCc1nc2ccc(F)c(Cl)c2c(=O)n1-c1ccc(F)c(F)c1. The van der Waals surface area contributed by atoms with E-state index in [0.717, 1.165) is 22.8 Å². The number of nitrogens with zero attached hydrogens (tertiary/aromatic N) is 2. The van der Waals surface area contributed by atoms with Crippen LogP contribution in [0.5, 0.6) is 0 Å². The van der Waals surface area contributed by atoms with E-state index in [0.29, 0.717) is 18.7 Å². The molecule has 0 aliphatic heterocycles. The third-order valence-electron chi connectivity index (χ3n) is 3.63. The van der Waals surface area contributed by atoms with E-state index >= 15 is 0 Å². The van der Waals surface area contributed by atoms with Crippen molar-refractivity contribution in [2.45, 2.75) is 19.8 Å². The molecule has 3 nitrogen and oxygen atoms in total. The highest BCUT2D eigenvalue weighted by molar-refractivity contribution is 6.35. The van der Waals surface area contributed by atoms with Crippen LogP contribution >= 0.6 is 11.6 Å². The quantitative estimate of drug-likeness (QED) is 0.700. The van der Waals surface area contributed by atoms with E-state index in [4.69, 9.17) is 11.6 Å². The first-order valence-corrected chi connectivity index (χ1v) is 7.67. The molecule has 0 unspecified atom stereocenters. The molecule has 0 radical (unpaired) electrons. The van der Waals surface area contributed by atoms with Gasteiger partial charge in [-0.05, 0) is 30.7 Å². The number of aryl methyl sites for hydroxylation is 1. The number of rotatable bonds is 3. The fourth-order valence-electron chi connectivity index (χ4n) is 2.54. The second-order valence-corrected chi connectivity index (χ2v) is 5.65. The molecule has 0 aliphatic rings. The largest absolute Gasteiger partial charge is 0.268 e. The van der Waals surface area contributed by atoms with Gasteiger partial charge in [0.25, 0.3) is 5.56 Å². The smallest absolute Gasteiger partial charge is 0.267 e. The van der Waals surface area contributed by atoms with Gasteiger partial charge in [-0.3, -0.25) is 9.36 Å². The van der Waals surface area contributed by atoms with Gasteiger partial charge in [0.1, 0.15) is 11.6 Å². The zero-order valence-electron chi connectivity index (χ0n) is 12.6. The molecule has 1 aromatic heterocycles. The first kappa shape index (κ1) is 16.5. The number of fused-ring (bicyclic) bond motifs is 1. The standard InChI is InChI=1S/C17H12ClF3N2O/c1-2-3-14-22-13-7-6-11(20)16(18)15(13)17(24)23(14)9-4-5-10(19)12(21)8-9/h4-8H,2-3H2,1H3. The molecule has 0 aliphatic carbocycles. The minimum Gasteiger partial charge on any atom is -0.268 e. The molecule has 0 amide bonds. The van der Waals surface area contributed by atoms with Crippen molar-refractivity contribution in [3.8, 4) is 5.69 Å². The van der Waals surface area contributed by atoms with Gasteiger partial charge in [-0.2, -0.15) is 0 Å². The zero-order valence-corrected chi connectivity index (χ0v) is 13.4. The number of aromatic nitrogens is 2. The lowest BCUT2D eigenvalue weighted by Crippen LogP contribution is -2.24. The average Bonchev–Trinajstić information content (AvgIpc) is 2.54. The van der Waals surface area contributed by atoms with Gasteiger partial charge in [-0.15, -0.1) is 0 Å². The Kier molecular flexibility index (Phi) is 4.32. The van der Waals surface area contributed by atoms with Gasteiger partial charge in [0.2, 0.25) is 0 Å². The Labute approximate surface area is 140 Å². The third-order valence-corrected chi connectivity index (χ3v) is 4.00. The van der Waals surface area contributed by atoms with E-state index in [1.54, 1.807) is 0 Å². The maximum atomic E-state index is 13.7. The third kappa shape index (κ3) is 2.67. The van der Waals surface area contributed by atoms with Crippen LogP contribution in [-0.2, 0) is 6.42 Å². The van der Waals surface area contributed by atoms with Gasteiger partial charge in [-0.1, -0.05) is 18.5 Å². The molecule has 0 atom stereocenters. The molecule has 0 fully saturated rings. The fourth-order valence-corrected chi connectivity index (χ4v) is 2.78. The van der Waals surface area contributed by atoms with Gasteiger partial charge in [-0.25, -0.2) is 18.2 Å². The van der Waals surface area contributed by atoms with Gasteiger partial charge in [0, 0.05) is 12.5 Å². The number of hydrogen-bond acceptors (Lipinski definition) is 2. The second-order valence-electron chi connectivity index (χ2n) is 5.27. The molecule has 2 aromatic carbocycles. The molecule has 1 heterocycles. The van der Waals surface area contributed by atoms with Crippen LogP contribution in [0.1, 0.15) is 19.2 Å². The van der Waals surface area contributed by atoms with E-state index in [1.807, 2.05) is 6.92 Å². The molecule has 0 spiro atoms. The van der Waals surface area contributed by atoms with E-state index in [9.17, 15) is 18.0 Å². The van der Waals surface area contributed by atoms with Crippen LogP contribution in [0.15, 0.2) is 35.1 Å². The predicted molar refractivity (Wildman–Crippen MR) is 86.2 cm³/mol. The Bertz CT molecular complexity index is 1000. The number of benzene rings is 2. The Balaban J connectivity index is 2.41. The molecule has 24 heavy (non-hydrogen) atoms. The molecule has 0 N–H and O–H groups in total. The van der Waals surface area contributed by atoms with Crippen molar-refractivity contribution >= 4 is 22.5 Å². The Morgan fingerprint density at radius 2 is 1.79 bits per heavy atom. The first-order valence-electron chi connectivity index (χ1n) is 7.29. The van der Waals surface area contributed by atoms with Crippen molar-refractivity contribution in [3.05, 3.63) is 69.0 Å². The molecule has 0 bridgehead atoms. The predicted octanol–water partition coefficient (Wildman–Crippen LogP) is 4.41. The van der Waals surface area contributed by atoms with E-state index in [2.05, 4.69) is 4.98 Å². The van der Waals surface area contributed by atoms with Crippen molar-refractivity contribution in [1.29, 1.82) is 0 Å². The van der Waals surface area contributed by atoms with E-state index in [1.165, 1.54) is 12.1 Å². The summed E-state index contributed by atoms with van der Waals surface area (Å²) in [4.78, 5) is 17.2. The van der Waals surface area contributed by atoms with Gasteiger partial charge >= 0.3 is 0 Å². The van der Waals surface area contributed by atoms with E-state index < -0.39 is 23.0 Å². The summed E-state index contributed by atoms with van der Waals surface area (Å²) in [6.45, 7) is 1.89. The van der Waals surface area contributed by atoms with Gasteiger partial charge in [0.05, 0.1) is 21.6 Å². The van der Waals surface area contributed by atoms with Crippen molar-refractivity contribution in [1.82, 2.24) is 9.55 Å². The molecule has 3 rings (SSSR count). The Morgan fingerprint density at radius 3 is 2.46 bits per heavy atom. The summed E-state index contributed by atoms with van der Waals surface area (Å²) < 4.78 is 41.6. The van der Waals surface area contributed by atoms with Gasteiger partial charge in [0.15, 0.2) is 11.6 Å².